The van der Waals surface area contributed by atoms with Gasteiger partial charge in [0.05, 0.1) is 11.3 Å². The van der Waals surface area contributed by atoms with Crippen molar-refractivity contribution in [3.63, 3.8) is 0 Å². The number of primary amides is 1. The summed E-state index contributed by atoms with van der Waals surface area (Å²) in [5, 5.41) is 14.1. The lowest BCUT2D eigenvalue weighted by molar-refractivity contribution is -0.122. The number of carbonyl (C=O) groups is 3. The molecule has 0 spiro atoms. The molecule has 0 heterocycles. The Kier molecular flexibility index (Phi) is 4.57. The van der Waals surface area contributed by atoms with Crippen LogP contribution in [-0.4, -0.2) is 28.6 Å². The fourth-order valence-electron chi connectivity index (χ4n) is 1.79. The van der Waals surface area contributed by atoms with Crippen molar-refractivity contribution in [1.82, 2.24) is 5.32 Å². The zero-order chi connectivity index (χ0) is 16.4. The maximum Gasteiger partial charge on any atom is 0.337 e. The van der Waals surface area contributed by atoms with Crippen LogP contribution in [0.1, 0.15) is 35.3 Å². The summed E-state index contributed by atoms with van der Waals surface area (Å²) in [6, 6.07) is 2.51. The number of rotatable bonds is 4. The summed E-state index contributed by atoms with van der Waals surface area (Å²) in [6.07, 6.45) is 0. The fraction of sp³-hybridized carbons (Fsp3) is 0.357. The molecule has 0 aliphatic rings. The van der Waals surface area contributed by atoms with E-state index < -0.39 is 23.4 Å². The molecule has 7 heteroatoms. The Morgan fingerprint density at radius 1 is 1.19 bits per heavy atom. The van der Waals surface area contributed by atoms with E-state index in [4.69, 9.17) is 5.73 Å². The Labute approximate surface area is 122 Å². The molecule has 7 nitrogen and oxygen atoms in total. The van der Waals surface area contributed by atoms with Gasteiger partial charge in [0.2, 0.25) is 5.91 Å². The van der Waals surface area contributed by atoms with E-state index in [9.17, 15) is 19.5 Å². The molecule has 0 saturated heterocycles. The standard InChI is InChI=1S/C14H19N3O4/c1-7-5-8(2)10(9(6-7)11(18)19)16-13(21)17-14(3,4)12(15)20/h5-6H,1-4H3,(H2,15,20)(H,18,19)(H2,16,17,21). The Morgan fingerprint density at radius 3 is 2.24 bits per heavy atom. The molecule has 114 valence electrons. The van der Waals surface area contributed by atoms with Crippen LogP contribution in [0.25, 0.3) is 0 Å². The van der Waals surface area contributed by atoms with Gasteiger partial charge in [-0.15, -0.1) is 0 Å². The van der Waals surface area contributed by atoms with E-state index in [1.54, 1.807) is 19.9 Å². The lowest BCUT2D eigenvalue weighted by atomic mass is 10.0. The summed E-state index contributed by atoms with van der Waals surface area (Å²) >= 11 is 0. The molecule has 0 aliphatic heterocycles. The van der Waals surface area contributed by atoms with E-state index in [-0.39, 0.29) is 11.3 Å². The third-order valence-corrected chi connectivity index (χ3v) is 2.99. The largest absolute Gasteiger partial charge is 0.478 e. The van der Waals surface area contributed by atoms with Crippen LogP contribution in [0.15, 0.2) is 12.1 Å². The number of urea groups is 1. The number of nitrogens with two attached hydrogens (primary N) is 1. The first-order valence-electron chi connectivity index (χ1n) is 6.28. The number of nitrogens with one attached hydrogen (secondary N) is 2. The maximum atomic E-state index is 11.9. The summed E-state index contributed by atoms with van der Waals surface area (Å²) < 4.78 is 0. The van der Waals surface area contributed by atoms with Crippen LogP contribution in [-0.2, 0) is 4.79 Å². The Bertz CT molecular complexity index is 608. The highest BCUT2D eigenvalue weighted by Gasteiger charge is 2.27. The van der Waals surface area contributed by atoms with Crippen LogP contribution >= 0.6 is 0 Å². The fourth-order valence-corrected chi connectivity index (χ4v) is 1.79. The van der Waals surface area contributed by atoms with Crippen LogP contribution in [0.3, 0.4) is 0 Å². The molecular formula is C14H19N3O4. The van der Waals surface area contributed by atoms with Crippen molar-refractivity contribution in [2.45, 2.75) is 33.2 Å². The normalized spacial score (nSPS) is 10.9. The smallest absolute Gasteiger partial charge is 0.337 e. The van der Waals surface area contributed by atoms with Gasteiger partial charge in [-0.3, -0.25) is 4.79 Å². The van der Waals surface area contributed by atoms with Gasteiger partial charge in [0.25, 0.3) is 0 Å². The molecule has 1 aromatic rings. The van der Waals surface area contributed by atoms with Gasteiger partial charge in [0, 0.05) is 0 Å². The van der Waals surface area contributed by atoms with E-state index in [0.29, 0.717) is 5.56 Å². The number of carboxylic acids is 1. The lowest BCUT2D eigenvalue weighted by Gasteiger charge is -2.23. The molecule has 0 atom stereocenters. The third kappa shape index (κ3) is 3.95. The van der Waals surface area contributed by atoms with Crippen molar-refractivity contribution in [3.8, 4) is 0 Å². The molecule has 0 saturated carbocycles. The molecule has 0 aromatic heterocycles. The molecule has 0 radical (unpaired) electrons. The molecule has 3 amide bonds. The molecule has 1 rings (SSSR count). The number of hydrogen-bond donors (Lipinski definition) is 4. The van der Waals surface area contributed by atoms with Crippen LogP contribution in [0.2, 0.25) is 0 Å². The lowest BCUT2D eigenvalue weighted by Crippen LogP contribution is -2.54. The van der Waals surface area contributed by atoms with E-state index in [1.165, 1.54) is 19.9 Å². The number of anilines is 1. The predicted octanol–water partition coefficient (Wildman–Crippen LogP) is 1.39. The Balaban J connectivity index is 3.06. The van der Waals surface area contributed by atoms with Crippen molar-refractivity contribution >= 4 is 23.6 Å². The zero-order valence-electron chi connectivity index (χ0n) is 12.4. The van der Waals surface area contributed by atoms with Crippen LogP contribution in [0.4, 0.5) is 10.5 Å². The minimum atomic E-state index is -1.24. The summed E-state index contributed by atoms with van der Waals surface area (Å²) in [7, 11) is 0. The number of hydrogen-bond acceptors (Lipinski definition) is 3. The highest BCUT2D eigenvalue weighted by Crippen LogP contribution is 2.23. The SMILES string of the molecule is Cc1cc(C)c(NC(=O)NC(C)(C)C(N)=O)c(C(=O)O)c1. The first-order valence-corrected chi connectivity index (χ1v) is 6.28. The number of carboxylic acid groups (broad SMARTS) is 1. The number of carbonyl (C=O) groups excluding carboxylic acids is 2. The Hall–Kier alpha value is -2.57. The summed E-state index contributed by atoms with van der Waals surface area (Å²) in [5.74, 6) is -1.84. The second-order valence-electron chi connectivity index (χ2n) is 5.38. The van der Waals surface area contributed by atoms with Gasteiger partial charge in [0.15, 0.2) is 0 Å². The average Bonchev–Trinajstić information content (AvgIpc) is 2.31. The van der Waals surface area contributed by atoms with Gasteiger partial charge in [0.1, 0.15) is 5.54 Å². The van der Waals surface area contributed by atoms with Gasteiger partial charge >= 0.3 is 12.0 Å². The second-order valence-corrected chi connectivity index (χ2v) is 5.38. The molecule has 0 unspecified atom stereocenters. The monoisotopic (exact) mass is 293 g/mol. The predicted molar refractivity (Wildman–Crippen MR) is 78.3 cm³/mol. The van der Waals surface area contributed by atoms with Crippen molar-refractivity contribution < 1.29 is 19.5 Å². The number of aromatic carboxylic acids is 1. The van der Waals surface area contributed by atoms with Crippen LogP contribution < -0.4 is 16.4 Å². The van der Waals surface area contributed by atoms with Crippen molar-refractivity contribution in [1.29, 1.82) is 0 Å². The van der Waals surface area contributed by atoms with Gasteiger partial charge in [-0.2, -0.15) is 0 Å². The molecule has 0 aliphatic carbocycles. The molecule has 1 aromatic carbocycles. The zero-order valence-corrected chi connectivity index (χ0v) is 12.4. The molecule has 0 fully saturated rings. The third-order valence-electron chi connectivity index (χ3n) is 2.99. The first-order chi connectivity index (χ1) is 9.54. The minimum absolute atomic E-state index is 0.0143. The first kappa shape index (κ1) is 16.5. The molecule has 0 bridgehead atoms. The highest BCUT2D eigenvalue weighted by atomic mass is 16.4. The van der Waals surface area contributed by atoms with Crippen molar-refractivity contribution in [2.24, 2.45) is 5.73 Å². The van der Waals surface area contributed by atoms with Gasteiger partial charge in [-0.05, 0) is 44.9 Å². The second kappa shape index (κ2) is 5.82. The summed E-state index contributed by atoms with van der Waals surface area (Å²) in [6.45, 7) is 6.36. The number of benzene rings is 1. The highest BCUT2D eigenvalue weighted by molar-refractivity contribution is 6.02. The van der Waals surface area contributed by atoms with Crippen LogP contribution in [0.5, 0.6) is 0 Å². The van der Waals surface area contributed by atoms with Gasteiger partial charge in [-0.1, -0.05) is 6.07 Å². The van der Waals surface area contributed by atoms with Gasteiger partial charge < -0.3 is 21.5 Å². The van der Waals surface area contributed by atoms with E-state index in [2.05, 4.69) is 10.6 Å². The van der Waals surface area contributed by atoms with Crippen molar-refractivity contribution in [2.75, 3.05) is 5.32 Å². The molecular weight excluding hydrogens is 274 g/mol. The molecule has 5 N–H and O–H groups in total. The summed E-state index contributed by atoms with van der Waals surface area (Å²) in [5.41, 5.74) is 5.47. The van der Waals surface area contributed by atoms with E-state index in [1.807, 2.05) is 0 Å². The number of aryl methyl sites for hydroxylation is 2. The van der Waals surface area contributed by atoms with E-state index >= 15 is 0 Å². The number of amides is 3. The quantitative estimate of drug-likeness (QED) is 0.670. The van der Waals surface area contributed by atoms with Crippen LogP contribution in [0, 0.1) is 13.8 Å². The van der Waals surface area contributed by atoms with Crippen molar-refractivity contribution in [3.05, 3.63) is 28.8 Å². The minimum Gasteiger partial charge on any atom is -0.478 e. The Morgan fingerprint density at radius 2 is 1.76 bits per heavy atom. The van der Waals surface area contributed by atoms with E-state index in [0.717, 1.165) is 5.56 Å². The maximum absolute atomic E-state index is 11.9. The van der Waals surface area contributed by atoms with Gasteiger partial charge in [-0.25, -0.2) is 9.59 Å². The average molecular weight is 293 g/mol. The molecule has 21 heavy (non-hydrogen) atoms. The topological polar surface area (TPSA) is 122 Å². The summed E-state index contributed by atoms with van der Waals surface area (Å²) in [4.78, 5) is 34.4.